The fourth-order valence-corrected chi connectivity index (χ4v) is 2.38. The Hall–Kier alpha value is -2.43. The first-order valence-corrected chi connectivity index (χ1v) is 7.69. The van der Waals surface area contributed by atoms with Crippen LogP contribution < -0.4 is 5.32 Å². The molecule has 0 bridgehead atoms. The highest BCUT2D eigenvalue weighted by Gasteiger charge is 2.06. The van der Waals surface area contributed by atoms with Gasteiger partial charge in [0.15, 0.2) is 0 Å². The molecule has 2 N–H and O–H groups in total. The first kappa shape index (κ1) is 15.5. The van der Waals surface area contributed by atoms with E-state index >= 15 is 0 Å². The molecule has 3 rings (SSSR count). The fourth-order valence-electron chi connectivity index (χ4n) is 2.38. The molecule has 0 aliphatic heterocycles. The van der Waals surface area contributed by atoms with Gasteiger partial charge in [-0.05, 0) is 42.3 Å². The van der Waals surface area contributed by atoms with Gasteiger partial charge in [-0.15, -0.1) is 0 Å². The molecule has 3 aromatic rings. The molecule has 1 atom stereocenters. The summed E-state index contributed by atoms with van der Waals surface area (Å²) in [5.41, 5.74) is 3.11. The van der Waals surface area contributed by atoms with E-state index in [9.17, 15) is 5.11 Å². The first-order chi connectivity index (χ1) is 11.2. The van der Waals surface area contributed by atoms with Crippen LogP contribution in [0.5, 0.6) is 0 Å². The summed E-state index contributed by atoms with van der Waals surface area (Å²) in [5, 5.41) is 12.9. The number of furan rings is 1. The Morgan fingerprint density at radius 1 is 1.00 bits per heavy atom. The number of aromatic nitrogens is 1. The van der Waals surface area contributed by atoms with Crippen LogP contribution in [0, 0.1) is 0 Å². The molecule has 2 aromatic heterocycles. The predicted molar refractivity (Wildman–Crippen MR) is 89.6 cm³/mol. The van der Waals surface area contributed by atoms with E-state index in [0.717, 1.165) is 29.2 Å². The molecule has 1 aromatic carbocycles. The molecule has 4 heteroatoms. The van der Waals surface area contributed by atoms with Crippen molar-refractivity contribution in [3.8, 4) is 11.3 Å². The van der Waals surface area contributed by atoms with Crippen molar-refractivity contribution < 1.29 is 9.52 Å². The van der Waals surface area contributed by atoms with Gasteiger partial charge in [-0.2, -0.15) is 0 Å². The monoisotopic (exact) mass is 308 g/mol. The summed E-state index contributed by atoms with van der Waals surface area (Å²) < 4.78 is 5.87. The molecule has 23 heavy (non-hydrogen) atoms. The minimum Gasteiger partial charge on any atom is -0.460 e. The van der Waals surface area contributed by atoms with E-state index in [1.54, 1.807) is 19.3 Å². The van der Waals surface area contributed by atoms with Crippen molar-refractivity contribution in [2.75, 3.05) is 0 Å². The van der Waals surface area contributed by atoms with Crippen LogP contribution in [-0.4, -0.2) is 10.1 Å². The van der Waals surface area contributed by atoms with E-state index in [-0.39, 0.29) is 0 Å². The van der Waals surface area contributed by atoms with Gasteiger partial charge in [0.25, 0.3) is 0 Å². The van der Waals surface area contributed by atoms with E-state index in [1.165, 1.54) is 5.56 Å². The molecule has 0 aliphatic carbocycles. The maximum absolute atomic E-state index is 9.54. The van der Waals surface area contributed by atoms with Crippen molar-refractivity contribution >= 4 is 0 Å². The molecule has 118 valence electrons. The normalized spacial score (nSPS) is 12.3. The van der Waals surface area contributed by atoms with Gasteiger partial charge in [0.2, 0.25) is 0 Å². The van der Waals surface area contributed by atoms with Crippen molar-refractivity contribution in [1.82, 2.24) is 10.3 Å². The Kier molecular flexibility index (Phi) is 4.86. The maximum atomic E-state index is 9.54. The first-order valence-electron chi connectivity index (χ1n) is 7.69. The minimum absolute atomic E-state index is 0.450. The highest BCUT2D eigenvalue weighted by atomic mass is 16.3. The number of hydrogen-bond acceptors (Lipinski definition) is 4. The van der Waals surface area contributed by atoms with Crippen LogP contribution in [0.25, 0.3) is 11.3 Å². The third-order valence-corrected chi connectivity index (χ3v) is 3.72. The molecule has 0 aliphatic rings. The van der Waals surface area contributed by atoms with Gasteiger partial charge < -0.3 is 14.8 Å². The van der Waals surface area contributed by atoms with E-state index in [1.807, 2.05) is 48.5 Å². The molecular formula is C19H20N2O2. The molecule has 0 saturated heterocycles. The molecule has 0 saturated carbocycles. The molecule has 0 fully saturated rings. The number of nitrogens with one attached hydrogen (secondary N) is 1. The average molecular weight is 308 g/mol. The average Bonchev–Trinajstić information content (AvgIpc) is 3.05. The molecule has 0 spiro atoms. The standard InChI is InChI=1S/C19H20N2O2/c1-14(22)16-2-4-17(5-3-16)19-7-6-18(23-19)13-21-12-15-8-10-20-11-9-15/h2-11,14,21-22H,12-13H2,1H3/t14-/m0/s1. The van der Waals surface area contributed by atoms with E-state index in [0.29, 0.717) is 6.54 Å². The van der Waals surface area contributed by atoms with Gasteiger partial charge in [0.1, 0.15) is 11.5 Å². The van der Waals surface area contributed by atoms with Crippen LogP contribution in [0.1, 0.15) is 29.9 Å². The highest BCUT2D eigenvalue weighted by molar-refractivity contribution is 5.58. The lowest BCUT2D eigenvalue weighted by Gasteiger charge is -2.05. The van der Waals surface area contributed by atoms with Crippen LogP contribution in [0.15, 0.2) is 65.3 Å². The van der Waals surface area contributed by atoms with Gasteiger partial charge in [-0.1, -0.05) is 24.3 Å². The predicted octanol–water partition coefficient (Wildman–Crippen LogP) is 3.68. The van der Waals surface area contributed by atoms with E-state index in [2.05, 4.69) is 10.3 Å². The van der Waals surface area contributed by atoms with Gasteiger partial charge in [0, 0.05) is 24.5 Å². The van der Waals surface area contributed by atoms with Gasteiger partial charge in [-0.25, -0.2) is 0 Å². The van der Waals surface area contributed by atoms with Crippen LogP contribution in [-0.2, 0) is 13.1 Å². The number of hydrogen-bond donors (Lipinski definition) is 2. The van der Waals surface area contributed by atoms with Gasteiger partial charge >= 0.3 is 0 Å². The summed E-state index contributed by atoms with van der Waals surface area (Å²) in [4.78, 5) is 4.00. The van der Waals surface area contributed by atoms with Crippen molar-refractivity contribution in [3.05, 3.63) is 77.8 Å². The molecule has 0 radical (unpaired) electrons. The largest absolute Gasteiger partial charge is 0.460 e. The molecule has 0 amide bonds. The number of aliphatic hydroxyl groups excluding tert-OH is 1. The second kappa shape index (κ2) is 7.22. The fraction of sp³-hybridized carbons (Fsp3) is 0.211. The van der Waals surface area contributed by atoms with Crippen LogP contribution >= 0.6 is 0 Å². The van der Waals surface area contributed by atoms with Crippen molar-refractivity contribution in [1.29, 1.82) is 0 Å². The second-order valence-corrected chi connectivity index (χ2v) is 5.52. The van der Waals surface area contributed by atoms with E-state index < -0.39 is 6.10 Å². The van der Waals surface area contributed by atoms with Crippen molar-refractivity contribution in [2.45, 2.75) is 26.1 Å². The Labute approximate surface area is 135 Å². The summed E-state index contributed by atoms with van der Waals surface area (Å²) >= 11 is 0. The summed E-state index contributed by atoms with van der Waals surface area (Å²) in [6.07, 6.45) is 3.13. The lowest BCUT2D eigenvalue weighted by atomic mass is 10.1. The number of nitrogens with zero attached hydrogens (tertiary/aromatic N) is 1. The number of benzene rings is 1. The summed E-state index contributed by atoms with van der Waals surface area (Å²) in [7, 11) is 0. The maximum Gasteiger partial charge on any atom is 0.134 e. The van der Waals surface area contributed by atoms with Crippen LogP contribution in [0.3, 0.4) is 0 Å². The zero-order valence-electron chi connectivity index (χ0n) is 13.1. The number of pyridine rings is 1. The summed E-state index contributed by atoms with van der Waals surface area (Å²) in [6, 6.07) is 15.7. The minimum atomic E-state index is -0.450. The number of aliphatic hydroxyl groups is 1. The van der Waals surface area contributed by atoms with Crippen molar-refractivity contribution in [2.24, 2.45) is 0 Å². The Balaban J connectivity index is 1.59. The second-order valence-electron chi connectivity index (χ2n) is 5.52. The highest BCUT2D eigenvalue weighted by Crippen LogP contribution is 2.24. The Morgan fingerprint density at radius 2 is 1.74 bits per heavy atom. The smallest absolute Gasteiger partial charge is 0.134 e. The van der Waals surface area contributed by atoms with Gasteiger partial charge in [0.05, 0.1) is 12.6 Å². The third kappa shape index (κ3) is 4.06. The summed E-state index contributed by atoms with van der Waals surface area (Å²) in [6.45, 7) is 3.21. The molecule has 0 unspecified atom stereocenters. The number of rotatable bonds is 6. The lowest BCUT2D eigenvalue weighted by Crippen LogP contribution is -2.11. The molecule has 2 heterocycles. The lowest BCUT2D eigenvalue weighted by molar-refractivity contribution is 0.199. The van der Waals surface area contributed by atoms with Gasteiger partial charge in [-0.3, -0.25) is 4.98 Å². The van der Waals surface area contributed by atoms with Crippen molar-refractivity contribution in [3.63, 3.8) is 0 Å². The zero-order chi connectivity index (χ0) is 16.1. The Morgan fingerprint density at radius 3 is 2.43 bits per heavy atom. The molecule has 4 nitrogen and oxygen atoms in total. The van der Waals surface area contributed by atoms with Crippen LogP contribution in [0.2, 0.25) is 0 Å². The third-order valence-electron chi connectivity index (χ3n) is 3.72. The summed E-state index contributed by atoms with van der Waals surface area (Å²) in [5.74, 6) is 1.73. The topological polar surface area (TPSA) is 58.3 Å². The van der Waals surface area contributed by atoms with E-state index in [4.69, 9.17) is 4.42 Å². The Bertz CT molecular complexity index is 734. The molecular weight excluding hydrogens is 288 g/mol. The zero-order valence-corrected chi connectivity index (χ0v) is 13.1. The SMILES string of the molecule is C[C@H](O)c1ccc(-c2ccc(CNCc3ccncc3)o2)cc1. The quantitative estimate of drug-likeness (QED) is 0.729. The van der Waals surface area contributed by atoms with Crippen LogP contribution in [0.4, 0.5) is 0 Å².